The van der Waals surface area contributed by atoms with Gasteiger partial charge in [-0.3, -0.25) is 10.1 Å². The quantitative estimate of drug-likeness (QED) is 0.561. The monoisotopic (exact) mass is 384 g/mol. The van der Waals surface area contributed by atoms with Crippen LogP contribution in [0.2, 0.25) is 0 Å². The van der Waals surface area contributed by atoms with Crippen molar-refractivity contribution in [3.8, 4) is 0 Å². The first-order valence-corrected chi connectivity index (χ1v) is 10.7. The van der Waals surface area contributed by atoms with Crippen LogP contribution in [0, 0.1) is 0 Å². The molecular formula is C14H16N4O3S3. The molecule has 2 N–H and O–H groups in total. The van der Waals surface area contributed by atoms with Gasteiger partial charge in [-0.15, -0.1) is 10.2 Å². The van der Waals surface area contributed by atoms with Crippen molar-refractivity contribution in [2.45, 2.75) is 35.0 Å². The number of benzene rings is 1. The Morgan fingerprint density at radius 1 is 1.29 bits per heavy atom. The zero-order valence-corrected chi connectivity index (χ0v) is 15.3. The molecular weight excluding hydrogens is 368 g/mol. The summed E-state index contributed by atoms with van der Waals surface area (Å²) >= 11 is 2.86. The van der Waals surface area contributed by atoms with E-state index in [2.05, 4.69) is 20.2 Å². The molecule has 0 spiro atoms. The fourth-order valence-corrected chi connectivity index (χ4v) is 4.83. The number of nitrogens with zero attached hydrogens (tertiary/aromatic N) is 2. The van der Waals surface area contributed by atoms with E-state index in [4.69, 9.17) is 0 Å². The molecule has 1 saturated carbocycles. The van der Waals surface area contributed by atoms with E-state index in [1.807, 2.05) is 6.92 Å². The summed E-state index contributed by atoms with van der Waals surface area (Å²) in [5.41, 5.74) is 0.361. The van der Waals surface area contributed by atoms with E-state index in [9.17, 15) is 13.2 Å². The molecule has 0 atom stereocenters. The Morgan fingerprint density at radius 3 is 2.62 bits per heavy atom. The maximum absolute atomic E-state index is 12.2. The lowest BCUT2D eigenvalue weighted by Crippen LogP contribution is -2.25. The molecule has 0 unspecified atom stereocenters. The molecule has 0 bridgehead atoms. The van der Waals surface area contributed by atoms with Gasteiger partial charge in [0.1, 0.15) is 0 Å². The fraction of sp³-hybridized carbons (Fsp3) is 0.357. The first kappa shape index (κ1) is 17.3. The highest BCUT2D eigenvalue weighted by Gasteiger charge is 2.28. The van der Waals surface area contributed by atoms with Crippen molar-refractivity contribution in [2.75, 3.05) is 11.1 Å². The molecule has 0 aliphatic heterocycles. The summed E-state index contributed by atoms with van der Waals surface area (Å²) in [6.45, 7) is 2.01. The van der Waals surface area contributed by atoms with Crippen molar-refractivity contribution in [1.29, 1.82) is 0 Å². The SMILES string of the molecule is CCSc1nnc(NC(=O)c2ccc(S(=O)(=O)NC3CC3)cc2)s1. The standard InChI is InChI=1S/C14H16N4O3S3/c1-2-22-14-17-16-13(23-14)15-12(19)9-3-7-11(8-4-9)24(20,21)18-10-5-6-10/h3-4,7-8,10,18H,2,5-6H2,1H3,(H,15,16,19). The van der Waals surface area contributed by atoms with Crippen molar-refractivity contribution in [2.24, 2.45) is 0 Å². The number of aromatic nitrogens is 2. The predicted molar refractivity (Wildman–Crippen MR) is 94.0 cm³/mol. The molecule has 10 heteroatoms. The molecule has 1 heterocycles. The normalized spacial score (nSPS) is 14.5. The van der Waals surface area contributed by atoms with Gasteiger partial charge in [0.2, 0.25) is 15.2 Å². The van der Waals surface area contributed by atoms with Crippen LogP contribution in [0.5, 0.6) is 0 Å². The molecule has 3 rings (SSSR count). The van der Waals surface area contributed by atoms with Gasteiger partial charge in [0, 0.05) is 11.6 Å². The number of carbonyl (C=O) groups is 1. The molecule has 2 aromatic rings. The van der Waals surface area contributed by atoms with Crippen LogP contribution in [0.4, 0.5) is 5.13 Å². The highest BCUT2D eigenvalue weighted by molar-refractivity contribution is 8.01. The van der Waals surface area contributed by atoms with E-state index in [-0.39, 0.29) is 16.8 Å². The van der Waals surface area contributed by atoms with Crippen molar-refractivity contribution >= 4 is 44.2 Å². The highest BCUT2D eigenvalue weighted by atomic mass is 32.2. The van der Waals surface area contributed by atoms with Gasteiger partial charge in [0.15, 0.2) is 4.34 Å². The predicted octanol–water partition coefficient (Wildman–Crippen LogP) is 2.34. The first-order chi connectivity index (χ1) is 11.5. The van der Waals surface area contributed by atoms with Crippen LogP contribution in [0.1, 0.15) is 30.1 Å². The van der Waals surface area contributed by atoms with Gasteiger partial charge < -0.3 is 0 Å². The molecule has 0 saturated heterocycles. The second-order valence-corrected chi connectivity index (χ2v) is 9.38. The van der Waals surface area contributed by atoms with E-state index in [1.165, 1.54) is 35.6 Å². The summed E-state index contributed by atoms with van der Waals surface area (Å²) in [7, 11) is -3.51. The van der Waals surface area contributed by atoms with Crippen LogP contribution in [-0.2, 0) is 10.0 Å². The molecule has 1 fully saturated rings. The van der Waals surface area contributed by atoms with Crippen LogP contribution in [0.25, 0.3) is 0 Å². The Kier molecular flexibility index (Phi) is 5.18. The van der Waals surface area contributed by atoms with Crippen LogP contribution in [0.3, 0.4) is 0 Å². The van der Waals surface area contributed by atoms with E-state index in [1.54, 1.807) is 11.8 Å². The molecule has 1 aliphatic carbocycles. The number of hydrogen-bond donors (Lipinski definition) is 2. The number of amides is 1. The van der Waals surface area contributed by atoms with Crippen molar-refractivity contribution < 1.29 is 13.2 Å². The van der Waals surface area contributed by atoms with Gasteiger partial charge in [-0.05, 0) is 42.9 Å². The van der Waals surface area contributed by atoms with Crippen LogP contribution in [-0.4, -0.2) is 36.3 Å². The molecule has 7 nitrogen and oxygen atoms in total. The summed E-state index contributed by atoms with van der Waals surface area (Å²) in [4.78, 5) is 12.3. The summed E-state index contributed by atoms with van der Waals surface area (Å²) in [5, 5.41) is 11.0. The Balaban J connectivity index is 1.66. The van der Waals surface area contributed by atoms with Gasteiger partial charge in [-0.1, -0.05) is 30.0 Å². The smallest absolute Gasteiger partial charge is 0.257 e. The topological polar surface area (TPSA) is 101 Å². The summed E-state index contributed by atoms with van der Waals surface area (Å²) < 4.78 is 27.6. The first-order valence-electron chi connectivity index (χ1n) is 7.38. The van der Waals surface area contributed by atoms with Gasteiger partial charge >= 0.3 is 0 Å². The average Bonchev–Trinajstić information content (AvgIpc) is 3.25. The Hall–Kier alpha value is -1.49. The minimum Gasteiger partial charge on any atom is -0.296 e. The molecule has 0 radical (unpaired) electrons. The molecule has 24 heavy (non-hydrogen) atoms. The van der Waals surface area contributed by atoms with Gasteiger partial charge in [-0.2, -0.15) is 0 Å². The average molecular weight is 385 g/mol. The number of rotatable bonds is 7. The lowest BCUT2D eigenvalue weighted by Gasteiger charge is -2.06. The highest BCUT2D eigenvalue weighted by Crippen LogP contribution is 2.25. The van der Waals surface area contributed by atoms with E-state index >= 15 is 0 Å². The third-order valence-corrected chi connectivity index (χ3v) is 6.61. The van der Waals surface area contributed by atoms with E-state index < -0.39 is 10.0 Å². The summed E-state index contributed by atoms with van der Waals surface area (Å²) in [6.07, 6.45) is 1.75. The van der Waals surface area contributed by atoms with Crippen LogP contribution in [0.15, 0.2) is 33.5 Å². The Morgan fingerprint density at radius 2 is 2.00 bits per heavy atom. The van der Waals surface area contributed by atoms with Crippen LogP contribution >= 0.6 is 23.1 Å². The fourth-order valence-electron chi connectivity index (χ4n) is 1.89. The lowest BCUT2D eigenvalue weighted by atomic mass is 10.2. The maximum atomic E-state index is 12.2. The third kappa shape index (κ3) is 4.32. The zero-order chi connectivity index (χ0) is 17.2. The van der Waals surface area contributed by atoms with Crippen molar-refractivity contribution in [3.05, 3.63) is 29.8 Å². The zero-order valence-electron chi connectivity index (χ0n) is 12.9. The number of carbonyl (C=O) groups excluding carboxylic acids is 1. The largest absolute Gasteiger partial charge is 0.296 e. The molecule has 1 amide bonds. The third-order valence-electron chi connectivity index (χ3n) is 3.22. The van der Waals surface area contributed by atoms with Gasteiger partial charge in [0.25, 0.3) is 5.91 Å². The van der Waals surface area contributed by atoms with Crippen molar-refractivity contribution in [3.63, 3.8) is 0 Å². The number of nitrogens with one attached hydrogen (secondary N) is 2. The van der Waals surface area contributed by atoms with E-state index in [0.717, 1.165) is 22.9 Å². The maximum Gasteiger partial charge on any atom is 0.257 e. The Bertz CT molecular complexity index is 829. The van der Waals surface area contributed by atoms with E-state index in [0.29, 0.717) is 10.7 Å². The number of sulfonamides is 1. The van der Waals surface area contributed by atoms with Gasteiger partial charge in [-0.25, -0.2) is 13.1 Å². The second kappa shape index (κ2) is 7.18. The minimum atomic E-state index is -3.51. The minimum absolute atomic E-state index is 0.0468. The number of thioether (sulfide) groups is 1. The molecule has 1 aromatic heterocycles. The number of anilines is 1. The molecule has 1 aromatic carbocycles. The molecule has 1 aliphatic rings. The van der Waals surface area contributed by atoms with Crippen molar-refractivity contribution in [1.82, 2.24) is 14.9 Å². The van der Waals surface area contributed by atoms with Gasteiger partial charge in [0.05, 0.1) is 4.90 Å². The lowest BCUT2D eigenvalue weighted by molar-refractivity contribution is 0.102. The molecule has 128 valence electrons. The second-order valence-electron chi connectivity index (χ2n) is 5.18. The van der Waals surface area contributed by atoms with Crippen LogP contribution < -0.4 is 10.0 Å². The summed E-state index contributed by atoms with van der Waals surface area (Å²) in [5.74, 6) is 0.534. The summed E-state index contributed by atoms with van der Waals surface area (Å²) in [6, 6.07) is 5.88. The number of hydrogen-bond acceptors (Lipinski definition) is 7. The Labute approximate surface area is 148 Å².